The number of aromatic nitrogens is 1. The van der Waals surface area contributed by atoms with Crippen molar-refractivity contribution in [3.8, 4) is 0 Å². The van der Waals surface area contributed by atoms with Crippen molar-refractivity contribution in [3.05, 3.63) is 82.4 Å². The first kappa shape index (κ1) is 19.5. The van der Waals surface area contributed by atoms with E-state index >= 15 is 0 Å². The molecule has 1 aliphatic rings. The Labute approximate surface area is 173 Å². The molecule has 3 aromatic rings. The Bertz CT molecular complexity index is 910. The van der Waals surface area contributed by atoms with Crippen LogP contribution >= 0.6 is 11.3 Å². The summed E-state index contributed by atoms with van der Waals surface area (Å²) in [6.07, 6.45) is 1.93. The molecule has 29 heavy (non-hydrogen) atoms. The highest BCUT2D eigenvalue weighted by Gasteiger charge is 2.28. The lowest BCUT2D eigenvalue weighted by molar-refractivity contribution is -0.892. The smallest absolute Gasteiger partial charge is 0.275 e. The number of halogens is 1. The maximum Gasteiger partial charge on any atom is 0.275 e. The first-order valence-electron chi connectivity index (χ1n) is 9.82. The third kappa shape index (κ3) is 4.99. The molecule has 0 saturated carbocycles. The van der Waals surface area contributed by atoms with Gasteiger partial charge in [0, 0.05) is 10.9 Å². The van der Waals surface area contributed by atoms with E-state index in [0.717, 1.165) is 42.4 Å². The van der Waals surface area contributed by atoms with Crippen LogP contribution in [0, 0.1) is 5.82 Å². The molecule has 1 atom stereocenters. The molecule has 0 bridgehead atoms. The average Bonchev–Trinajstić information content (AvgIpc) is 3.29. The van der Waals surface area contributed by atoms with Crippen LogP contribution in [0.3, 0.4) is 0 Å². The molecule has 1 aliphatic heterocycles. The Hall–Kier alpha value is -2.77. The number of quaternary nitrogens is 1. The van der Waals surface area contributed by atoms with Gasteiger partial charge in [0.2, 0.25) is 0 Å². The normalized spacial score (nSPS) is 15.8. The van der Waals surface area contributed by atoms with Gasteiger partial charge in [0.1, 0.15) is 32.0 Å². The molecular formula is C22H25FN4OS+2. The minimum absolute atomic E-state index is 0.0162. The zero-order valence-corrected chi connectivity index (χ0v) is 16.9. The molecule has 3 heterocycles. The van der Waals surface area contributed by atoms with Gasteiger partial charge in [-0.2, -0.15) is 0 Å². The minimum atomic E-state index is -0.275. The van der Waals surface area contributed by atoms with E-state index in [1.165, 1.54) is 17.0 Å². The summed E-state index contributed by atoms with van der Waals surface area (Å²) in [6.45, 7) is 4.09. The summed E-state index contributed by atoms with van der Waals surface area (Å²) < 4.78 is 13.3. The molecule has 1 amide bonds. The Morgan fingerprint density at radius 1 is 1.14 bits per heavy atom. The summed E-state index contributed by atoms with van der Waals surface area (Å²) in [5.74, 6) is 0.857. The van der Waals surface area contributed by atoms with Gasteiger partial charge in [-0.05, 0) is 35.2 Å². The number of anilines is 1. The van der Waals surface area contributed by atoms with Gasteiger partial charge in [0.05, 0.1) is 12.2 Å². The van der Waals surface area contributed by atoms with Gasteiger partial charge in [0.25, 0.3) is 11.7 Å². The van der Waals surface area contributed by atoms with Crippen LogP contribution in [0.15, 0.2) is 66.2 Å². The van der Waals surface area contributed by atoms with Gasteiger partial charge in [-0.25, -0.2) is 9.37 Å². The van der Waals surface area contributed by atoms with Crippen LogP contribution in [0.2, 0.25) is 0 Å². The average molecular weight is 413 g/mol. The maximum atomic E-state index is 13.3. The molecule has 0 unspecified atom stereocenters. The Kier molecular flexibility index (Phi) is 6.17. The molecular weight excluding hydrogens is 387 g/mol. The van der Waals surface area contributed by atoms with Crippen molar-refractivity contribution in [1.82, 2.24) is 5.32 Å². The summed E-state index contributed by atoms with van der Waals surface area (Å²) in [7, 11) is 0. The van der Waals surface area contributed by atoms with E-state index in [2.05, 4.69) is 21.3 Å². The van der Waals surface area contributed by atoms with Crippen LogP contribution in [-0.4, -0.2) is 38.6 Å². The predicted octanol–water partition coefficient (Wildman–Crippen LogP) is 1.31. The number of H-pyrrole nitrogens is 1. The topological polar surface area (TPSA) is 50.9 Å². The number of aromatic amines is 1. The molecule has 1 fully saturated rings. The van der Waals surface area contributed by atoms with Crippen molar-refractivity contribution in [1.29, 1.82) is 0 Å². The monoisotopic (exact) mass is 412 g/mol. The van der Waals surface area contributed by atoms with Crippen molar-refractivity contribution < 1.29 is 19.1 Å². The summed E-state index contributed by atoms with van der Waals surface area (Å²) in [4.78, 5) is 20.7. The highest BCUT2D eigenvalue weighted by molar-refractivity contribution is 7.10. The van der Waals surface area contributed by atoms with Gasteiger partial charge in [0.15, 0.2) is 6.54 Å². The highest BCUT2D eigenvalue weighted by Crippen LogP contribution is 2.26. The van der Waals surface area contributed by atoms with Gasteiger partial charge in [-0.3, -0.25) is 9.69 Å². The van der Waals surface area contributed by atoms with E-state index in [4.69, 9.17) is 0 Å². The van der Waals surface area contributed by atoms with Crippen LogP contribution in [-0.2, 0) is 4.79 Å². The quantitative estimate of drug-likeness (QED) is 0.642. The zero-order valence-electron chi connectivity index (χ0n) is 16.1. The first-order chi connectivity index (χ1) is 14.2. The summed E-state index contributed by atoms with van der Waals surface area (Å²) >= 11 is 1.59. The van der Waals surface area contributed by atoms with Crippen LogP contribution < -0.4 is 20.1 Å². The number of carbonyl (C=O) groups excluding carboxylic acids is 1. The number of thiophene rings is 1. The lowest BCUT2D eigenvalue weighted by Crippen LogP contribution is -3.16. The molecule has 0 spiro atoms. The second-order valence-corrected chi connectivity index (χ2v) is 8.21. The third-order valence-corrected chi connectivity index (χ3v) is 6.19. The molecule has 0 radical (unpaired) electrons. The Balaban J connectivity index is 1.36. The van der Waals surface area contributed by atoms with Gasteiger partial charge in [-0.15, -0.1) is 11.3 Å². The fourth-order valence-electron chi connectivity index (χ4n) is 3.69. The largest absolute Gasteiger partial charge is 0.339 e. The van der Waals surface area contributed by atoms with Crippen molar-refractivity contribution in [2.45, 2.75) is 6.04 Å². The van der Waals surface area contributed by atoms with Crippen LogP contribution in [0.1, 0.15) is 16.5 Å². The van der Waals surface area contributed by atoms with Crippen molar-refractivity contribution in [2.75, 3.05) is 37.6 Å². The molecule has 4 rings (SSSR count). The van der Waals surface area contributed by atoms with Gasteiger partial charge in [-0.1, -0.05) is 24.3 Å². The number of pyridine rings is 1. The second-order valence-electron chi connectivity index (χ2n) is 7.23. The van der Waals surface area contributed by atoms with Gasteiger partial charge < -0.3 is 10.2 Å². The number of piperazine rings is 1. The summed E-state index contributed by atoms with van der Waals surface area (Å²) in [6, 6.07) is 16.1. The Morgan fingerprint density at radius 3 is 2.59 bits per heavy atom. The molecule has 150 valence electrons. The molecule has 5 nitrogen and oxygen atoms in total. The first-order valence-corrected chi connectivity index (χ1v) is 10.7. The number of benzene rings is 1. The van der Waals surface area contributed by atoms with E-state index in [1.807, 2.05) is 35.8 Å². The van der Waals surface area contributed by atoms with Crippen molar-refractivity contribution in [2.24, 2.45) is 0 Å². The third-order valence-electron chi connectivity index (χ3n) is 5.25. The van der Waals surface area contributed by atoms with Crippen LogP contribution in [0.4, 0.5) is 10.2 Å². The van der Waals surface area contributed by atoms with E-state index in [0.29, 0.717) is 6.54 Å². The fraction of sp³-hybridized carbons (Fsp3) is 0.273. The lowest BCUT2D eigenvalue weighted by Gasteiger charge is -2.28. The maximum absolute atomic E-state index is 13.3. The van der Waals surface area contributed by atoms with E-state index in [-0.39, 0.29) is 17.8 Å². The molecule has 1 saturated heterocycles. The molecule has 7 heteroatoms. The standard InChI is InChI=1S/C22H23FN4OS/c23-18-8-6-17(7-9-18)22(19-4-3-15-29-19)25-21(28)16-26-11-13-27(14-12-26)20-5-1-2-10-24-20/h1-10,15,22H,11-14,16H2,(H,25,28)/p+2/t22-/m1/s1. The van der Waals surface area contributed by atoms with Crippen LogP contribution in [0.5, 0.6) is 0 Å². The van der Waals surface area contributed by atoms with E-state index in [9.17, 15) is 9.18 Å². The van der Waals surface area contributed by atoms with Gasteiger partial charge >= 0.3 is 0 Å². The molecule has 3 N–H and O–H groups in total. The minimum Gasteiger partial charge on any atom is -0.339 e. The number of carbonyl (C=O) groups is 1. The molecule has 1 aromatic carbocycles. The Morgan fingerprint density at radius 2 is 1.93 bits per heavy atom. The molecule has 2 aromatic heterocycles. The second kappa shape index (κ2) is 9.15. The zero-order chi connectivity index (χ0) is 20.1. The summed E-state index contributed by atoms with van der Waals surface area (Å²) in [5.41, 5.74) is 0.890. The number of amides is 1. The van der Waals surface area contributed by atoms with Crippen molar-refractivity contribution >= 4 is 23.1 Å². The van der Waals surface area contributed by atoms with Crippen LogP contribution in [0.25, 0.3) is 0 Å². The molecule has 0 aliphatic carbocycles. The van der Waals surface area contributed by atoms with E-state index < -0.39 is 0 Å². The highest BCUT2D eigenvalue weighted by atomic mass is 32.1. The number of nitrogens with zero attached hydrogens (tertiary/aromatic N) is 1. The van der Waals surface area contributed by atoms with Crippen molar-refractivity contribution in [3.63, 3.8) is 0 Å². The fourth-order valence-corrected chi connectivity index (χ4v) is 4.49. The van der Waals surface area contributed by atoms with E-state index in [1.54, 1.807) is 23.5 Å². The number of nitrogens with one attached hydrogen (secondary N) is 3. The predicted molar refractivity (Wildman–Crippen MR) is 111 cm³/mol. The number of hydrogen-bond donors (Lipinski definition) is 2. The number of hydrogen-bond acceptors (Lipinski definition) is 3. The number of rotatable bonds is 6. The summed E-state index contributed by atoms with van der Waals surface area (Å²) in [5, 5.41) is 5.14. The lowest BCUT2D eigenvalue weighted by atomic mass is 10.1. The SMILES string of the molecule is O=C(C[NH+]1CCN(c2cccc[nH+]2)CC1)N[C@H](c1ccc(F)cc1)c1cccs1.